The summed E-state index contributed by atoms with van der Waals surface area (Å²) in [6, 6.07) is 0.0986. The second-order valence-electron chi connectivity index (χ2n) is 17.3. The number of nitrogens with one attached hydrogen (secondary N) is 4. The second-order valence-corrected chi connectivity index (χ2v) is 17.3. The summed E-state index contributed by atoms with van der Waals surface area (Å²) < 4.78 is 22.0. The lowest BCUT2D eigenvalue weighted by Crippen LogP contribution is -2.42. The van der Waals surface area contributed by atoms with Crippen LogP contribution < -0.4 is 21.3 Å². The fraction of sp³-hybridized carbons (Fsp3) is 0.913. The summed E-state index contributed by atoms with van der Waals surface area (Å²) in [5, 5.41) is 12.0. The normalized spacial score (nSPS) is 12.2. The van der Waals surface area contributed by atoms with Gasteiger partial charge in [-0.3, -0.25) is 19.2 Å². The highest BCUT2D eigenvalue weighted by atomic mass is 16.5. The first kappa shape index (κ1) is 55.9. The average Bonchev–Trinajstić information content (AvgIpc) is 3.16. The molecule has 12 heteroatoms. The molecule has 4 N–H and O–H groups in total. The van der Waals surface area contributed by atoms with E-state index >= 15 is 0 Å². The van der Waals surface area contributed by atoms with E-state index in [1.165, 1.54) is 83.5 Å². The number of ketones is 1. The smallest absolute Gasteiger partial charge is 0.222 e. The van der Waals surface area contributed by atoms with Crippen molar-refractivity contribution in [3.63, 3.8) is 0 Å². The maximum atomic E-state index is 12.7. The molecule has 0 radical (unpaired) electrons. The zero-order chi connectivity index (χ0) is 43.0. The SMILES string of the molecule is CCCCCCCCCCCCCCCCCC(=O)NCCOCCOCCC(=O)NCCOCCOCCC(=O)NCCCCC(NC(C)C)C(=O)CC(C)(C)C. The molecule has 0 saturated carbocycles. The quantitative estimate of drug-likeness (QED) is 0.0449. The summed E-state index contributed by atoms with van der Waals surface area (Å²) in [4.78, 5) is 48.9. The van der Waals surface area contributed by atoms with Crippen LogP contribution in [0.1, 0.15) is 183 Å². The van der Waals surface area contributed by atoms with E-state index in [4.69, 9.17) is 18.9 Å². The molecule has 3 amide bonds. The summed E-state index contributed by atoms with van der Waals surface area (Å²) in [5.74, 6) is 0.183. The van der Waals surface area contributed by atoms with E-state index in [1.807, 2.05) is 0 Å². The van der Waals surface area contributed by atoms with Crippen LogP contribution in [0.2, 0.25) is 0 Å². The third-order valence-corrected chi connectivity index (χ3v) is 9.70. The van der Waals surface area contributed by atoms with Gasteiger partial charge in [0, 0.05) is 51.4 Å². The lowest BCUT2D eigenvalue weighted by Gasteiger charge is -2.24. The van der Waals surface area contributed by atoms with Crippen LogP contribution in [0.3, 0.4) is 0 Å². The summed E-state index contributed by atoms with van der Waals surface area (Å²) in [6.45, 7) is 17.1. The average molecular weight is 827 g/mol. The van der Waals surface area contributed by atoms with Crippen LogP contribution in [0.25, 0.3) is 0 Å². The van der Waals surface area contributed by atoms with Crippen molar-refractivity contribution in [2.75, 3.05) is 72.5 Å². The molecule has 0 heterocycles. The highest BCUT2D eigenvalue weighted by Crippen LogP contribution is 2.21. The van der Waals surface area contributed by atoms with Crippen molar-refractivity contribution < 1.29 is 38.1 Å². The Kier molecular flexibility index (Phi) is 38.8. The number of Topliss-reactive ketones (excluding diaryl/α,β-unsaturated/α-hetero) is 1. The molecule has 342 valence electrons. The minimum atomic E-state index is -0.143. The number of amides is 3. The number of carbonyl (C=O) groups is 4. The van der Waals surface area contributed by atoms with E-state index in [0.29, 0.717) is 85.3 Å². The van der Waals surface area contributed by atoms with Crippen LogP contribution in [-0.4, -0.2) is 108 Å². The summed E-state index contributed by atoms with van der Waals surface area (Å²) >= 11 is 0. The maximum absolute atomic E-state index is 12.7. The Morgan fingerprint density at radius 1 is 0.466 bits per heavy atom. The molecule has 0 aromatic heterocycles. The summed E-state index contributed by atoms with van der Waals surface area (Å²) in [6.07, 6.45) is 23.9. The fourth-order valence-corrected chi connectivity index (χ4v) is 6.51. The third kappa shape index (κ3) is 42.0. The van der Waals surface area contributed by atoms with Gasteiger partial charge in [-0.15, -0.1) is 0 Å². The Labute approximate surface area is 354 Å². The van der Waals surface area contributed by atoms with Crippen LogP contribution in [0.5, 0.6) is 0 Å². The lowest BCUT2D eigenvalue weighted by atomic mass is 9.86. The van der Waals surface area contributed by atoms with Crippen LogP contribution in [-0.2, 0) is 38.1 Å². The monoisotopic (exact) mass is 827 g/mol. The first-order valence-electron chi connectivity index (χ1n) is 23.3. The van der Waals surface area contributed by atoms with Gasteiger partial charge in [0.1, 0.15) is 5.78 Å². The van der Waals surface area contributed by atoms with Gasteiger partial charge in [0.2, 0.25) is 17.7 Å². The van der Waals surface area contributed by atoms with Crippen LogP contribution >= 0.6 is 0 Å². The van der Waals surface area contributed by atoms with Gasteiger partial charge in [0.15, 0.2) is 0 Å². The second kappa shape index (κ2) is 40.3. The molecule has 0 aliphatic rings. The molecule has 1 atom stereocenters. The van der Waals surface area contributed by atoms with Crippen molar-refractivity contribution >= 4 is 23.5 Å². The Morgan fingerprint density at radius 3 is 1.29 bits per heavy atom. The topological polar surface area (TPSA) is 153 Å². The Balaban J connectivity index is 3.47. The molecule has 1 unspecified atom stereocenters. The number of rotatable bonds is 43. The molecule has 0 aliphatic carbocycles. The largest absolute Gasteiger partial charge is 0.379 e. The van der Waals surface area contributed by atoms with Gasteiger partial charge < -0.3 is 40.2 Å². The predicted molar refractivity (Wildman–Crippen MR) is 236 cm³/mol. The minimum Gasteiger partial charge on any atom is -0.379 e. The van der Waals surface area contributed by atoms with Gasteiger partial charge >= 0.3 is 0 Å². The van der Waals surface area contributed by atoms with Gasteiger partial charge in [-0.05, 0) is 31.1 Å². The number of unbranched alkanes of at least 4 members (excludes halogenated alkanes) is 15. The van der Waals surface area contributed by atoms with Crippen molar-refractivity contribution in [1.29, 1.82) is 0 Å². The van der Waals surface area contributed by atoms with Gasteiger partial charge in [0.05, 0.1) is 58.9 Å². The lowest BCUT2D eigenvalue weighted by molar-refractivity contribution is -0.124. The first-order chi connectivity index (χ1) is 27.9. The standard InChI is InChI=1S/C46H90N4O8/c1-7-8-9-10-11-12-13-14-15-16-17-18-19-20-21-25-43(52)48-29-33-57-37-36-56-32-27-45(54)49-30-34-58-38-35-55-31-26-44(53)47-28-23-22-24-41(50-40(2)3)42(51)39-46(4,5)6/h40-41,50H,7-39H2,1-6H3,(H,47,53)(H,48,52)(H,49,54). The summed E-state index contributed by atoms with van der Waals surface area (Å²) in [5.41, 5.74) is -0.0306. The number of ether oxygens (including phenoxy) is 4. The molecule has 0 bridgehead atoms. The van der Waals surface area contributed by atoms with Crippen LogP contribution in [0, 0.1) is 5.41 Å². The zero-order valence-electron chi connectivity index (χ0n) is 38.3. The van der Waals surface area contributed by atoms with E-state index in [0.717, 1.165) is 32.1 Å². The van der Waals surface area contributed by atoms with Crippen molar-refractivity contribution in [2.24, 2.45) is 5.41 Å². The molecule has 12 nitrogen and oxygen atoms in total. The molecular weight excluding hydrogens is 737 g/mol. The highest BCUT2D eigenvalue weighted by molar-refractivity contribution is 5.84. The highest BCUT2D eigenvalue weighted by Gasteiger charge is 2.24. The number of carbonyl (C=O) groups excluding carboxylic acids is 4. The van der Waals surface area contributed by atoms with Crippen molar-refractivity contribution in [2.45, 2.75) is 195 Å². The molecule has 58 heavy (non-hydrogen) atoms. The van der Waals surface area contributed by atoms with Gasteiger partial charge in [-0.2, -0.15) is 0 Å². The fourth-order valence-electron chi connectivity index (χ4n) is 6.51. The van der Waals surface area contributed by atoms with Crippen LogP contribution in [0.4, 0.5) is 0 Å². The number of hydrogen-bond donors (Lipinski definition) is 4. The summed E-state index contributed by atoms with van der Waals surface area (Å²) in [7, 11) is 0. The maximum Gasteiger partial charge on any atom is 0.222 e. The molecule has 0 spiro atoms. The van der Waals surface area contributed by atoms with Crippen molar-refractivity contribution in [1.82, 2.24) is 21.3 Å². The van der Waals surface area contributed by atoms with Crippen LogP contribution in [0.15, 0.2) is 0 Å². The molecular formula is C46H90N4O8. The van der Waals surface area contributed by atoms with Crippen molar-refractivity contribution in [3.05, 3.63) is 0 Å². The zero-order valence-corrected chi connectivity index (χ0v) is 38.3. The first-order valence-corrected chi connectivity index (χ1v) is 23.3. The molecule has 0 aliphatic heterocycles. The molecule has 0 fully saturated rings. The van der Waals surface area contributed by atoms with E-state index in [-0.39, 0.29) is 53.8 Å². The number of hydrogen-bond acceptors (Lipinski definition) is 9. The van der Waals surface area contributed by atoms with Gasteiger partial charge in [-0.25, -0.2) is 0 Å². The molecule has 0 aromatic rings. The third-order valence-electron chi connectivity index (χ3n) is 9.70. The Hall–Kier alpha value is -2.12. The molecule has 0 rings (SSSR count). The molecule has 0 aromatic carbocycles. The Bertz CT molecular complexity index is 991. The van der Waals surface area contributed by atoms with E-state index in [2.05, 4.69) is 62.8 Å². The van der Waals surface area contributed by atoms with E-state index in [9.17, 15) is 19.2 Å². The molecule has 0 saturated heterocycles. The van der Waals surface area contributed by atoms with Gasteiger partial charge in [-0.1, -0.05) is 131 Å². The van der Waals surface area contributed by atoms with Gasteiger partial charge in [0.25, 0.3) is 0 Å². The van der Waals surface area contributed by atoms with Crippen molar-refractivity contribution in [3.8, 4) is 0 Å². The van der Waals surface area contributed by atoms with E-state index < -0.39 is 0 Å². The minimum absolute atomic E-state index is 0.0306. The van der Waals surface area contributed by atoms with E-state index in [1.54, 1.807) is 0 Å². The predicted octanol–water partition coefficient (Wildman–Crippen LogP) is 7.99. The Morgan fingerprint density at radius 2 is 0.862 bits per heavy atom.